The van der Waals surface area contributed by atoms with E-state index in [4.69, 9.17) is 14.2 Å². The summed E-state index contributed by atoms with van der Waals surface area (Å²) >= 11 is 2.64. The Morgan fingerprint density at radius 2 is 2.00 bits per heavy atom. The van der Waals surface area contributed by atoms with Crippen LogP contribution in [0.15, 0.2) is 41.2 Å². The van der Waals surface area contributed by atoms with E-state index in [-0.39, 0.29) is 28.8 Å². The zero-order valence-electron chi connectivity index (χ0n) is 16.9. The summed E-state index contributed by atoms with van der Waals surface area (Å²) in [6, 6.07) is 7.85. The number of nitro benzene ring substituents is 1. The van der Waals surface area contributed by atoms with Crippen molar-refractivity contribution in [2.24, 2.45) is 0 Å². The van der Waals surface area contributed by atoms with E-state index in [0.717, 1.165) is 4.70 Å². The Morgan fingerprint density at radius 3 is 2.69 bits per heavy atom. The summed E-state index contributed by atoms with van der Waals surface area (Å²) < 4.78 is 17.0. The van der Waals surface area contributed by atoms with Crippen LogP contribution in [0.1, 0.15) is 16.1 Å². The highest BCUT2D eigenvalue weighted by atomic mass is 32.1. The number of amides is 1. The number of aromatic nitrogens is 2. The van der Waals surface area contributed by atoms with Gasteiger partial charge in [-0.05, 0) is 12.1 Å². The number of methoxy groups -OCH3 is 2. The number of carbonyl (C=O) groups excluding carboxylic acids is 1. The second-order valence-electron chi connectivity index (χ2n) is 6.33. The number of nitrogens with one attached hydrogen (secondary N) is 1. The summed E-state index contributed by atoms with van der Waals surface area (Å²) in [4.78, 5) is 32.4. The smallest absolute Gasteiger partial charge is 0.286 e. The molecule has 2 aromatic heterocycles. The summed E-state index contributed by atoms with van der Waals surface area (Å²) in [5.74, 6) is 0.183. The monoisotopic (exact) mass is 472 g/mol. The molecule has 4 aromatic rings. The van der Waals surface area contributed by atoms with Crippen molar-refractivity contribution in [1.29, 1.82) is 0 Å². The maximum absolute atomic E-state index is 12.9. The van der Waals surface area contributed by atoms with Crippen molar-refractivity contribution in [2.45, 2.75) is 6.61 Å². The molecule has 0 atom stereocenters. The van der Waals surface area contributed by atoms with Gasteiger partial charge in [-0.1, -0.05) is 17.4 Å². The number of fused-ring (bicyclic) bond motifs is 1. The number of nitro groups is 1. The first-order chi connectivity index (χ1) is 15.5. The molecule has 4 rings (SSSR count). The number of para-hydroxylation sites is 1. The Bertz CT molecular complexity index is 1290. The highest BCUT2D eigenvalue weighted by molar-refractivity contribution is 7.22. The van der Waals surface area contributed by atoms with Crippen molar-refractivity contribution < 1.29 is 23.9 Å². The van der Waals surface area contributed by atoms with Crippen LogP contribution >= 0.6 is 22.7 Å². The van der Waals surface area contributed by atoms with Crippen molar-refractivity contribution in [2.75, 3.05) is 19.5 Å². The maximum Gasteiger partial charge on any atom is 0.286 e. The first-order valence-electron chi connectivity index (χ1n) is 9.11. The van der Waals surface area contributed by atoms with Crippen molar-refractivity contribution in [1.82, 2.24) is 9.97 Å². The fourth-order valence-electron chi connectivity index (χ4n) is 2.92. The fraction of sp³-hybridized carbons (Fsp3) is 0.150. The third-order valence-corrected chi connectivity index (χ3v) is 5.98. The lowest BCUT2D eigenvalue weighted by Crippen LogP contribution is -2.14. The second-order valence-corrected chi connectivity index (χ2v) is 8.08. The van der Waals surface area contributed by atoms with Crippen LogP contribution in [0.2, 0.25) is 0 Å². The highest BCUT2D eigenvalue weighted by Gasteiger charge is 2.26. The van der Waals surface area contributed by atoms with Gasteiger partial charge in [0.05, 0.1) is 41.1 Å². The van der Waals surface area contributed by atoms with E-state index < -0.39 is 16.5 Å². The Labute approximate surface area is 189 Å². The minimum absolute atomic E-state index is 0.107. The van der Waals surface area contributed by atoms with Gasteiger partial charge in [0, 0.05) is 11.4 Å². The number of carbonyl (C=O) groups is 1. The summed E-state index contributed by atoms with van der Waals surface area (Å²) in [5.41, 5.74) is 2.32. The number of ether oxygens (including phenoxy) is 3. The molecule has 0 aliphatic rings. The van der Waals surface area contributed by atoms with Gasteiger partial charge in [-0.2, -0.15) is 0 Å². The summed E-state index contributed by atoms with van der Waals surface area (Å²) in [7, 11) is 2.92. The molecule has 12 heteroatoms. The van der Waals surface area contributed by atoms with Crippen molar-refractivity contribution >= 4 is 49.6 Å². The number of benzene rings is 2. The van der Waals surface area contributed by atoms with Crippen molar-refractivity contribution in [3.05, 3.63) is 62.6 Å². The van der Waals surface area contributed by atoms with Crippen LogP contribution in [0.4, 0.5) is 10.8 Å². The predicted octanol–water partition coefficient (Wildman–Crippen LogP) is 4.51. The van der Waals surface area contributed by atoms with Gasteiger partial charge in [0.2, 0.25) is 0 Å². The van der Waals surface area contributed by atoms with Gasteiger partial charge in [0.1, 0.15) is 23.4 Å². The van der Waals surface area contributed by atoms with Crippen LogP contribution in [-0.2, 0) is 6.61 Å². The van der Waals surface area contributed by atoms with Gasteiger partial charge >= 0.3 is 0 Å². The molecule has 0 fully saturated rings. The van der Waals surface area contributed by atoms with Crippen LogP contribution in [0, 0.1) is 10.1 Å². The average molecular weight is 473 g/mol. The van der Waals surface area contributed by atoms with Gasteiger partial charge in [-0.15, -0.1) is 11.3 Å². The van der Waals surface area contributed by atoms with E-state index in [9.17, 15) is 14.9 Å². The number of rotatable bonds is 8. The van der Waals surface area contributed by atoms with Crippen LogP contribution in [0.25, 0.3) is 10.2 Å². The van der Waals surface area contributed by atoms with Crippen LogP contribution in [0.5, 0.6) is 17.2 Å². The van der Waals surface area contributed by atoms with Gasteiger partial charge < -0.3 is 14.2 Å². The molecular formula is C20H16N4O6S2. The first kappa shape index (κ1) is 21.5. The molecular weight excluding hydrogens is 456 g/mol. The molecule has 0 saturated heterocycles. The number of thiazole rings is 2. The first-order valence-corrected chi connectivity index (χ1v) is 10.9. The van der Waals surface area contributed by atoms with E-state index in [0.29, 0.717) is 17.0 Å². The number of hydrogen-bond donors (Lipinski definition) is 1. The number of hydrogen-bond acceptors (Lipinski definition) is 10. The molecule has 0 unspecified atom stereocenters. The zero-order valence-corrected chi connectivity index (χ0v) is 18.5. The summed E-state index contributed by atoms with van der Waals surface area (Å²) in [5, 5.41) is 16.4. The van der Waals surface area contributed by atoms with Crippen LogP contribution < -0.4 is 19.5 Å². The van der Waals surface area contributed by atoms with Gasteiger partial charge in [0.15, 0.2) is 16.6 Å². The molecule has 0 aliphatic heterocycles. The van der Waals surface area contributed by atoms with Gasteiger partial charge in [0.25, 0.3) is 11.6 Å². The molecule has 0 radical (unpaired) electrons. The SMILES string of the molecule is COc1cc(C(=O)Nc2nc3c(OC)cccc3s2)c([N+](=O)[O-])cc1OCc1cscn1. The Balaban J connectivity index is 1.64. The standard InChI is InChI=1S/C20H16N4O6S2/c1-28-14-4-3-5-17-18(14)22-20(32-17)23-19(25)12-6-15(29-2)16(7-13(12)24(26)27)30-8-11-9-31-10-21-11/h3-7,9-10H,8H2,1-2H3,(H,22,23,25). The van der Waals surface area contributed by atoms with Gasteiger partial charge in [-0.3, -0.25) is 20.2 Å². The molecule has 10 nitrogen and oxygen atoms in total. The third-order valence-electron chi connectivity index (χ3n) is 4.40. The molecule has 164 valence electrons. The summed E-state index contributed by atoms with van der Waals surface area (Å²) in [6.07, 6.45) is 0. The minimum Gasteiger partial charge on any atom is -0.494 e. The van der Waals surface area contributed by atoms with Crippen LogP contribution in [0.3, 0.4) is 0 Å². The van der Waals surface area contributed by atoms with E-state index in [2.05, 4.69) is 15.3 Å². The molecule has 0 bridgehead atoms. The molecule has 32 heavy (non-hydrogen) atoms. The molecule has 0 saturated carbocycles. The molecule has 1 amide bonds. The minimum atomic E-state index is -0.695. The molecule has 1 N–H and O–H groups in total. The molecule has 0 aliphatic carbocycles. The lowest BCUT2D eigenvalue weighted by Gasteiger charge is -2.12. The zero-order chi connectivity index (χ0) is 22.7. The molecule has 2 aromatic carbocycles. The predicted molar refractivity (Wildman–Crippen MR) is 120 cm³/mol. The lowest BCUT2D eigenvalue weighted by molar-refractivity contribution is -0.385. The van der Waals surface area contributed by atoms with Gasteiger partial charge in [-0.25, -0.2) is 9.97 Å². The molecule has 2 heterocycles. The Morgan fingerprint density at radius 1 is 1.19 bits per heavy atom. The lowest BCUT2D eigenvalue weighted by atomic mass is 10.1. The van der Waals surface area contributed by atoms with E-state index in [1.165, 1.54) is 49.0 Å². The Kier molecular flexibility index (Phi) is 6.14. The molecule has 0 spiro atoms. The second kappa shape index (κ2) is 9.16. The number of nitrogens with zero attached hydrogens (tertiary/aromatic N) is 3. The highest BCUT2D eigenvalue weighted by Crippen LogP contribution is 2.37. The van der Waals surface area contributed by atoms with E-state index >= 15 is 0 Å². The Hall–Kier alpha value is -3.77. The average Bonchev–Trinajstić information content (AvgIpc) is 3.46. The van der Waals surface area contributed by atoms with Crippen LogP contribution in [-0.4, -0.2) is 35.0 Å². The normalized spacial score (nSPS) is 10.7. The quantitative estimate of drug-likeness (QED) is 0.293. The number of anilines is 1. The van der Waals surface area contributed by atoms with Crippen molar-refractivity contribution in [3.63, 3.8) is 0 Å². The van der Waals surface area contributed by atoms with E-state index in [1.807, 2.05) is 12.1 Å². The third kappa shape index (κ3) is 4.31. The topological polar surface area (TPSA) is 126 Å². The maximum atomic E-state index is 12.9. The summed E-state index contributed by atoms with van der Waals surface area (Å²) in [6.45, 7) is 0.107. The van der Waals surface area contributed by atoms with E-state index in [1.54, 1.807) is 17.0 Å². The fourth-order valence-corrected chi connectivity index (χ4v) is 4.34. The largest absolute Gasteiger partial charge is 0.494 e. The van der Waals surface area contributed by atoms with Crippen molar-refractivity contribution in [3.8, 4) is 17.2 Å².